The van der Waals surface area contributed by atoms with Gasteiger partial charge in [-0.25, -0.2) is 0 Å². The summed E-state index contributed by atoms with van der Waals surface area (Å²) >= 11 is 1.62. The molecule has 0 aliphatic carbocycles. The number of hydrogen-bond acceptors (Lipinski definition) is 6. The van der Waals surface area contributed by atoms with Crippen molar-refractivity contribution in [2.24, 2.45) is 12.8 Å². The molecule has 2 rings (SSSR count). The summed E-state index contributed by atoms with van der Waals surface area (Å²) in [6, 6.07) is 5.84. The van der Waals surface area contributed by atoms with Crippen molar-refractivity contribution in [3.63, 3.8) is 0 Å². The van der Waals surface area contributed by atoms with Gasteiger partial charge < -0.3 is 19.8 Å². The zero-order valence-corrected chi connectivity index (χ0v) is 14.5. The molecule has 0 saturated heterocycles. The van der Waals surface area contributed by atoms with Gasteiger partial charge in [0.25, 0.3) is 0 Å². The number of nitrogens with two attached hydrogens (primary N) is 1. The van der Waals surface area contributed by atoms with E-state index in [9.17, 15) is 0 Å². The molecule has 1 heterocycles. The zero-order chi connectivity index (χ0) is 15.2. The normalized spacial score (nSPS) is 10.2. The molecule has 8 heteroatoms. The number of aromatic nitrogens is 3. The highest BCUT2D eigenvalue weighted by molar-refractivity contribution is 7.98. The van der Waals surface area contributed by atoms with Crippen LogP contribution < -0.4 is 15.2 Å². The minimum atomic E-state index is 0. The molecule has 1 aromatic carbocycles. The fraction of sp³-hybridized carbons (Fsp3) is 0.429. The lowest BCUT2D eigenvalue weighted by Gasteiger charge is -2.08. The quantitative estimate of drug-likeness (QED) is 0.775. The van der Waals surface area contributed by atoms with Gasteiger partial charge in [0.2, 0.25) is 0 Å². The van der Waals surface area contributed by atoms with E-state index in [-0.39, 0.29) is 12.4 Å². The molecule has 2 N–H and O–H groups in total. The van der Waals surface area contributed by atoms with Crippen LogP contribution in [-0.4, -0.2) is 35.5 Å². The molecule has 0 aliphatic heterocycles. The largest absolute Gasteiger partial charge is 0.497 e. The lowest BCUT2D eigenvalue weighted by atomic mass is 10.2. The lowest BCUT2D eigenvalue weighted by Crippen LogP contribution is -2.08. The van der Waals surface area contributed by atoms with Crippen molar-refractivity contribution in [2.45, 2.75) is 17.3 Å². The molecule has 0 amide bonds. The first-order valence-corrected chi connectivity index (χ1v) is 7.59. The van der Waals surface area contributed by atoms with Crippen LogP contribution in [0.25, 0.3) is 0 Å². The molecule has 6 nitrogen and oxygen atoms in total. The van der Waals surface area contributed by atoms with Gasteiger partial charge in [0.1, 0.15) is 17.3 Å². The molecular formula is C14H21ClN4O2S. The van der Waals surface area contributed by atoms with Crippen LogP contribution >= 0.6 is 24.2 Å². The average molecular weight is 345 g/mol. The van der Waals surface area contributed by atoms with Gasteiger partial charge in [0, 0.05) is 25.3 Å². The minimum Gasteiger partial charge on any atom is -0.497 e. The second kappa shape index (κ2) is 8.87. The molecule has 0 radical (unpaired) electrons. The summed E-state index contributed by atoms with van der Waals surface area (Å²) in [5.41, 5.74) is 6.66. The van der Waals surface area contributed by atoms with E-state index in [0.29, 0.717) is 6.54 Å². The molecule has 2 aromatic rings. The van der Waals surface area contributed by atoms with Gasteiger partial charge in [-0.05, 0) is 24.2 Å². The van der Waals surface area contributed by atoms with Crippen molar-refractivity contribution in [2.75, 3.05) is 20.8 Å². The van der Waals surface area contributed by atoms with Crippen LogP contribution in [0.3, 0.4) is 0 Å². The summed E-state index contributed by atoms with van der Waals surface area (Å²) in [5, 5.41) is 9.22. The first kappa shape index (κ1) is 18.6. The molecule has 1 aromatic heterocycles. The van der Waals surface area contributed by atoms with E-state index < -0.39 is 0 Å². The number of rotatable bonds is 7. The van der Waals surface area contributed by atoms with Gasteiger partial charge in [0.15, 0.2) is 5.16 Å². The van der Waals surface area contributed by atoms with Crippen molar-refractivity contribution >= 4 is 24.2 Å². The van der Waals surface area contributed by atoms with Crippen molar-refractivity contribution in [3.05, 3.63) is 29.6 Å². The average Bonchev–Trinajstić information content (AvgIpc) is 2.86. The Bertz CT molecular complexity index is 584. The van der Waals surface area contributed by atoms with Gasteiger partial charge in [-0.3, -0.25) is 0 Å². The summed E-state index contributed by atoms with van der Waals surface area (Å²) in [4.78, 5) is 0. The topological polar surface area (TPSA) is 75.2 Å². The third-order valence-corrected chi connectivity index (χ3v) is 4.16. The maximum absolute atomic E-state index is 5.55. The maximum atomic E-state index is 5.55. The fourth-order valence-corrected chi connectivity index (χ4v) is 2.78. The zero-order valence-electron chi connectivity index (χ0n) is 12.9. The number of methoxy groups -OCH3 is 2. The van der Waals surface area contributed by atoms with Crippen LogP contribution in [0.2, 0.25) is 0 Å². The van der Waals surface area contributed by atoms with Crippen LogP contribution in [0, 0.1) is 0 Å². The van der Waals surface area contributed by atoms with Crippen molar-refractivity contribution in [1.29, 1.82) is 0 Å². The molecule has 0 atom stereocenters. The van der Waals surface area contributed by atoms with Gasteiger partial charge in [0.05, 0.1) is 14.2 Å². The Labute approximate surface area is 140 Å². The van der Waals surface area contributed by atoms with E-state index in [0.717, 1.165) is 40.2 Å². The molecule has 22 heavy (non-hydrogen) atoms. The molecule has 0 spiro atoms. The monoisotopic (exact) mass is 344 g/mol. The molecule has 0 saturated carbocycles. The predicted molar refractivity (Wildman–Crippen MR) is 90.1 cm³/mol. The molecule has 0 unspecified atom stereocenters. The summed E-state index contributed by atoms with van der Waals surface area (Å²) in [7, 11) is 5.25. The molecule has 122 valence electrons. The highest BCUT2D eigenvalue weighted by Gasteiger charge is 2.09. The fourth-order valence-electron chi connectivity index (χ4n) is 1.92. The van der Waals surface area contributed by atoms with Crippen LogP contribution in [0.1, 0.15) is 11.4 Å². The van der Waals surface area contributed by atoms with Crippen LogP contribution in [0.4, 0.5) is 0 Å². The standard InChI is InChI=1S/C14H20N4O2S.ClH/c1-18-13(4-5-15)16-17-14(18)21-9-10-6-11(19-2)8-12(7-10)20-3;/h6-8H,4-5,9,15H2,1-3H3;1H. The smallest absolute Gasteiger partial charge is 0.191 e. The summed E-state index contributed by atoms with van der Waals surface area (Å²) < 4.78 is 12.5. The second-order valence-electron chi connectivity index (χ2n) is 4.51. The number of hydrogen-bond donors (Lipinski definition) is 1. The van der Waals surface area contributed by atoms with Gasteiger partial charge in [-0.2, -0.15) is 0 Å². The van der Waals surface area contributed by atoms with Crippen molar-refractivity contribution < 1.29 is 9.47 Å². The third kappa shape index (κ3) is 4.53. The SMILES string of the molecule is COc1cc(CSc2nnc(CCN)n2C)cc(OC)c1.Cl. The first-order valence-electron chi connectivity index (χ1n) is 6.61. The number of nitrogens with zero attached hydrogens (tertiary/aromatic N) is 3. The van der Waals surface area contributed by atoms with Crippen LogP contribution in [-0.2, 0) is 19.2 Å². The van der Waals surface area contributed by atoms with E-state index in [1.807, 2.05) is 29.8 Å². The Morgan fingerprint density at radius 1 is 1.14 bits per heavy atom. The number of thioether (sulfide) groups is 1. The number of halogens is 1. The number of ether oxygens (including phenoxy) is 2. The Morgan fingerprint density at radius 2 is 1.77 bits per heavy atom. The van der Waals surface area contributed by atoms with Crippen LogP contribution in [0.5, 0.6) is 11.5 Å². The number of benzene rings is 1. The van der Waals surface area contributed by atoms with Crippen molar-refractivity contribution in [3.8, 4) is 11.5 Å². The van der Waals surface area contributed by atoms with Gasteiger partial charge in [-0.1, -0.05) is 11.8 Å². The Morgan fingerprint density at radius 3 is 2.32 bits per heavy atom. The van der Waals surface area contributed by atoms with E-state index in [4.69, 9.17) is 15.2 Å². The van der Waals surface area contributed by atoms with E-state index in [1.165, 1.54) is 0 Å². The van der Waals surface area contributed by atoms with Crippen LogP contribution in [0.15, 0.2) is 23.4 Å². The Balaban J connectivity index is 0.00000242. The van der Waals surface area contributed by atoms with Gasteiger partial charge in [-0.15, -0.1) is 22.6 Å². The third-order valence-electron chi connectivity index (χ3n) is 3.07. The highest BCUT2D eigenvalue weighted by Crippen LogP contribution is 2.27. The molecule has 0 aliphatic rings. The minimum absolute atomic E-state index is 0. The predicted octanol–water partition coefficient (Wildman–Crippen LogP) is 2.05. The van der Waals surface area contributed by atoms with E-state index >= 15 is 0 Å². The second-order valence-corrected chi connectivity index (χ2v) is 5.45. The summed E-state index contributed by atoms with van der Waals surface area (Å²) in [6.07, 6.45) is 0.733. The summed E-state index contributed by atoms with van der Waals surface area (Å²) in [5.74, 6) is 3.24. The van der Waals surface area contributed by atoms with E-state index in [2.05, 4.69) is 10.2 Å². The Kier molecular flexibility index (Phi) is 7.50. The first-order chi connectivity index (χ1) is 10.2. The highest BCUT2D eigenvalue weighted by atomic mass is 35.5. The molecular weight excluding hydrogens is 324 g/mol. The molecule has 0 bridgehead atoms. The molecule has 0 fully saturated rings. The van der Waals surface area contributed by atoms with Crippen molar-refractivity contribution in [1.82, 2.24) is 14.8 Å². The lowest BCUT2D eigenvalue weighted by molar-refractivity contribution is 0.393. The van der Waals surface area contributed by atoms with Gasteiger partial charge >= 0.3 is 0 Å². The Hall–Kier alpha value is -1.44. The summed E-state index contributed by atoms with van der Waals surface area (Å²) in [6.45, 7) is 0.573. The van der Waals surface area contributed by atoms with E-state index in [1.54, 1.807) is 26.0 Å². The maximum Gasteiger partial charge on any atom is 0.191 e.